The molecule has 2 aromatic carbocycles. The second kappa shape index (κ2) is 14.1. The number of hydrogen-bond acceptors (Lipinski definition) is 12. The Hall–Kier alpha value is -3.81. The smallest absolute Gasteiger partial charge is 0.202 e. The maximum Gasteiger partial charge on any atom is 0.202 e. The quantitative estimate of drug-likeness (QED) is 0.124. The summed E-state index contributed by atoms with van der Waals surface area (Å²) in [6.07, 6.45) is 4.31. The maximum absolute atomic E-state index is 13.8. The Balaban J connectivity index is 1.51. The summed E-state index contributed by atoms with van der Waals surface area (Å²) in [5.41, 5.74) is -3.54. The molecule has 1 fully saturated rings. The van der Waals surface area contributed by atoms with Gasteiger partial charge in [-0.15, -0.1) is 0 Å². The number of nitrogens with one attached hydrogen (secondary N) is 1. The Labute approximate surface area is 273 Å². The molecule has 3 aliphatic rings. The predicted molar refractivity (Wildman–Crippen MR) is 169 cm³/mol. The summed E-state index contributed by atoms with van der Waals surface area (Å²) in [7, 11) is 1.34. The van der Waals surface area contributed by atoms with Crippen LogP contribution in [-0.2, 0) is 20.7 Å². The van der Waals surface area contributed by atoms with Gasteiger partial charge in [-0.2, -0.15) is 0 Å². The first-order valence-corrected chi connectivity index (χ1v) is 16.1. The number of fused-ring (bicyclic) bond motifs is 3. The third kappa shape index (κ3) is 6.40. The molecule has 2 aliphatic carbocycles. The van der Waals surface area contributed by atoms with E-state index in [9.17, 15) is 39.9 Å². The highest BCUT2D eigenvalue weighted by molar-refractivity contribution is 6.31. The Morgan fingerprint density at radius 1 is 1.11 bits per heavy atom. The summed E-state index contributed by atoms with van der Waals surface area (Å²) in [5.74, 6) is -3.69. The molecule has 12 heteroatoms. The minimum Gasteiger partial charge on any atom is -0.507 e. The van der Waals surface area contributed by atoms with Crippen molar-refractivity contribution < 1.29 is 54.1 Å². The molecule has 0 spiro atoms. The van der Waals surface area contributed by atoms with Gasteiger partial charge in [0.05, 0.1) is 42.0 Å². The summed E-state index contributed by atoms with van der Waals surface area (Å²) >= 11 is 0. The standard InChI is InChI=1S/C35H43NO11/c1-4-5-6-7-8-9-13-36-21-14-25(46-18(2)30(21)39)47-23-16-35(44,24(38)17-37)15-20-27(23)34(43)29-28(32(20)41)31(40)19-11-10-12-22(45-3)26(19)33(29)42/h9-13,18,21,23,25,30,36-37,39,41,43-44H,4-8,14-17H2,1-3H3/t18?,21?,23-,25?,30?,35-/m0/s1. The van der Waals surface area contributed by atoms with Crippen LogP contribution < -0.4 is 10.1 Å². The van der Waals surface area contributed by atoms with Crippen LogP contribution in [0.2, 0.25) is 0 Å². The minimum atomic E-state index is -2.24. The Bertz CT molecular complexity index is 1570. The second-order valence-corrected chi connectivity index (χ2v) is 12.5. The van der Waals surface area contributed by atoms with Crippen molar-refractivity contribution in [2.75, 3.05) is 13.7 Å². The number of allylic oxidation sites excluding steroid dienone is 1. The van der Waals surface area contributed by atoms with Gasteiger partial charge in [0.15, 0.2) is 17.9 Å². The molecule has 12 nitrogen and oxygen atoms in total. The lowest BCUT2D eigenvalue weighted by molar-refractivity contribution is -0.249. The van der Waals surface area contributed by atoms with E-state index in [1.807, 2.05) is 6.08 Å². The van der Waals surface area contributed by atoms with Crippen LogP contribution in [0.1, 0.15) is 108 Å². The van der Waals surface area contributed by atoms with E-state index in [0.717, 1.165) is 25.7 Å². The largest absolute Gasteiger partial charge is 0.507 e. The molecular formula is C35H43NO11. The number of hydrogen-bond donors (Lipinski definition) is 6. The van der Waals surface area contributed by atoms with E-state index >= 15 is 0 Å². The number of benzene rings is 2. The van der Waals surface area contributed by atoms with Crippen LogP contribution in [0, 0.1) is 0 Å². The predicted octanol–water partition coefficient (Wildman–Crippen LogP) is 3.12. The highest BCUT2D eigenvalue weighted by Crippen LogP contribution is 2.52. The van der Waals surface area contributed by atoms with Crippen molar-refractivity contribution in [3.05, 3.63) is 63.9 Å². The third-order valence-electron chi connectivity index (χ3n) is 9.41. The van der Waals surface area contributed by atoms with E-state index < -0.39 is 95.7 Å². The Morgan fingerprint density at radius 3 is 2.55 bits per heavy atom. The fourth-order valence-corrected chi connectivity index (χ4v) is 6.84. The number of phenols is 2. The molecule has 1 saturated heterocycles. The normalized spacial score (nSPS) is 26.9. The number of carbonyl (C=O) groups excluding carboxylic acids is 3. The van der Waals surface area contributed by atoms with Crippen LogP contribution in [0.25, 0.3) is 0 Å². The third-order valence-corrected chi connectivity index (χ3v) is 9.41. The van der Waals surface area contributed by atoms with Gasteiger partial charge in [0.25, 0.3) is 0 Å². The lowest BCUT2D eigenvalue weighted by Gasteiger charge is -2.42. The number of ether oxygens (including phenoxy) is 3. The molecule has 0 radical (unpaired) electrons. The summed E-state index contributed by atoms with van der Waals surface area (Å²) in [6.45, 7) is 2.80. The molecule has 6 N–H and O–H groups in total. The molecule has 0 aromatic heterocycles. The molecule has 1 aliphatic heterocycles. The highest BCUT2D eigenvalue weighted by Gasteiger charge is 2.50. The van der Waals surface area contributed by atoms with Gasteiger partial charge >= 0.3 is 0 Å². The number of aromatic hydroxyl groups is 2. The molecule has 0 amide bonds. The van der Waals surface area contributed by atoms with Gasteiger partial charge in [0.1, 0.15) is 35.6 Å². The molecule has 47 heavy (non-hydrogen) atoms. The number of carbonyl (C=O) groups is 3. The summed E-state index contributed by atoms with van der Waals surface area (Å²) < 4.78 is 17.5. The molecule has 6 atom stereocenters. The number of ketones is 3. The van der Waals surface area contributed by atoms with Crippen molar-refractivity contribution in [3.8, 4) is 17.2 Å². The number of unbranched alkanes of at least 4 members (excludes halogenated alkanes) is 4. The van der Waals surface area contributed by atoms with Crippen molar-refractivity contribution in [2.45, 2.75) is 101 Å². The molecule has 2 aromatic rings. The molecule has 0 saturated carbocycles. The van der Waals surface area contributed by atoms with Gasteiger partial charge in [-0.25, -0.2) is 0 Å². The molecule has 1 heterocycles. The van der Waals surface area contributed by atoms with Crippen LogP contribution in [0.3, 0.4) is 0 Å². The van der Waals surface area contributed by atoms with E-state index in [1.165, 1.54) is 31.7 Å². The van der Waals surface area contributed by atoms with Crippen molar-refractivity contribution in [1.29, 1.82) is 0 Å². The average molecular weight is 654 g/mol. The first-order chi connectivity index (χ1) is 22.5. The van der Waals surface area contributed by atoms with Crippen molar-refractivity contribution in [1.82, 2.24) is 5.32 Å². The van der Waals surface area contributed by atoms with Gasteiger partial charge in [-0.1, -0.05) is 44.4 Å². The van der Waals surface area contributed by atoms with E-state index in [1.54, 1.807) is 13.1 Å². The van der Waals surface area contributed by atoms with Crippen LogP contribution >= 0.6 is 0 Å². The first-order valence-electron chi connectivity index (χ1n) is 16.1. The average Bonchev–Trinajstić information content (AvgIpc) is 3.05. The number of aliphatic hydroxyl groups excluding tert-OH is 2. The SMILES string of the molecule is CCCCCCC=CNC1CC(O[C@H]2C[C@](O)(C(=O)CO)Cc3c(O)c4c(c(O)c32)C(=O)c2c(OC)cccc2C4=O)OC(C)C1O. The second-order valence-electron chi connectivity index (χ2n) is 12.5. The van der Waals surface area contributed by atoms with Crippen LogP contribution in [-0.4, -0.2) is 86.7 Å². The maximum atomic E-state index is 13.8. The summed E-state index contributed by atoms with van der Waals surface area (Å²) in [6, 6.07) is 3.92. The molecular weight excluding hydrogens is 610 g/mol. The fourth-order valence-electron chi connectivity index (χ4n) is 6.84. The van der Waals surface area contributed by atoms with E-state index in [0.29, 0.717) is 0 Å². The van der Waals surface area contributed by atoms with Gasteiger partial charge in [0, 0.05) is 36.0 Å². The zero-order valence-electron chi connectivity index (χ0n) is 26.8. The van der Waals surface area contributed by atoms with E-state index in [-0.39, 0.29) is 34.4 Å². The van der Waals surface area contributed by atoms with Gasteiger partial charge < -0.3 is 45.1 Å². The minimum absolute atomic E-state index is 0.0430. The van der Waals surface area contributed by atoms with Crippen LogP contribution in [0.15, 0.2) is 30.5 Å². The topological polar surface area (TPSA) is 192 Å². The molecule has 0 bridgehead atoms. The molecule has 254 valence electrons. The number of rotatable bonds is 12. The van der Waals surface area contributed by atoms with Gasteiger partial charge in [-0.05, 0) is 32.0 Å². The first kappa shape index (κ1) is 34.5. The lowest BCUT2D eigenvalue weighted by Crippen LogP contribution is -2.53. The zero-order valence-corrected chi connectivity index (χ0v) is 26.8. The monoisotopic (exact) mass is 653 g/mol. The van der Waals surface area contributed by atoms with Crippen molar-refractivity contribution >= 4 is 17.3 Å². The number of Topliss-reactive ketones (excluding diaryl/α,β-unsaturated/α-hetero) is 1. The zero-order chi connectivity index (χ0) is 34.0. The fraction of sp³-hybridized carbons (Fsp3) is 0.514. The van der Waals surface area contributed by atoms with Crippen molar-refractivity contribution in [3.63, 3.8) is 0 Å². The van der Waals surface area contributed by atoms with Crippen LogP contribution in [0.5, 0.6) is 17.2 Å². The van der Waals surface area contributed by atoms with Gasteiger partial charge in [0.2, 0.25) is 5.78 Å². The molecule has 4 unspecified atom stereocenters. The summed E-state index contributed by atoms with van der Waals surface area (Å²) in [5, 5.41) is 58.4. The number of aliphatic hydroxyl groups is 3. The Morgan fingerprint density at radius 2 is 1.85 bits per heavy atom. The van der Waals surface area contributed by atoms with Gasteiger partial charge in [-0.3, -0.25) is 14.4 Å². The summed E-state index contributed by atoms with van der Waals surface area (Å²) in [4.78, 5) is 40.3. The van der Waals surface area contributed by atoms with Crippen LogP contribution in [0.4, 0.5) is 0 Å². The molecule has 5 rings (SSSR count). The lowest BCUT2D eigenvalue weighted by atomic mass is 9.72. The van der Waals surface area contributed by atoms with Crippen molar-refractivity contribution in [2.24, 2.45) is 0 Å². The highest BCUT2D eigenvalue weighted by atomic mass is 16.7. The number of phenolic OH excluding ortho intramolecular Hbond substituents is 2. The van der Waals surface area contributed by atoms with E-state index in [4.69, 9.17) is 14.2 Å². The number of methoxy groups -OCH3 is 1. The van der Waals surface area contributed by atoms with E-state index in [2.05, 4.69) is 12.2 Å². The Kier molecular flexibility index (Phi) is 10.4.